The summed E-state index contributed by atoms with van der Waals surface area (Å²) in [5, 5.41) is 39.7. The van der Waals surface area contributed by atoms with E-state index in [1.807, 2.05) is 0 Å². The molecule has 1 saturated heterocycles. The predicted octanol–water partition coefficient (Wildman–Crippen LogP) is 2.47. The first kappa shape index (κ1) is 36.1. The number of anilines is 1. The van der Waals surface area contributed by atoms with Crippen LogP contribution in [0.25, 0.3) is 17.1 Å². The average molecular weight is 702 g/mol. The summed E-state index contributed by atoms with van der Waals surface area (Å²) in [7, 11) is -4.69. The molecule has 0 aliphatic carbocycles. The Morgan fingerprint density at radius 3 is 2.43 bits per heavy atom. The number of phenols is 1. The Morgan fingerprint density at radius 1 is 1.02 bits per heavy atom. The molecule has 3 aromatic heterocycles. The fourth-order valence-corrected chi connectivity index (χ4v) is 6.35. The Balaban J connectivity index is 1.18. The number of nitrogen functional groups attached to an aromatic ring is 1. The number of carbonyl (C=O) groups is 1. The summed E-state index contributed by atoms with van der Waals surface area (Å²) in [5.74, 6) is -1.41. The monoisotopic (exact) mass is 701 g/mol. The topological polar surface area (TPSA) is 243 Å². The van der Waals surface area contributed by atoms with E-state index in [1.54, 1.807) is 10.9 Å². The number of amides is 1. The van der Waals surface area contributed by atoms with Crippen molar-refractivity contribution in [3.63, 3.8) is 0 Å². The van der Waals surface area contributed by atoms with Gasteiger partial charge in [-0.3, -0.25) is 13.5 Å². The highest BCUT2D eigenvalue weighted by atomic mass is 32.2. The second-order valence-electron chi connectivity index (χ2n) is 12.1. The number of phenolic OH excluding ortho intramolecular Hbond substituents is 1. The lowest BCUT2D eigenvalue weighted by Crippen LogP contribution is -2.37. The number of carbonyl (C=O) groups excluding carboxylic acids is 1. The number of benzene rings is 1. The van der Waals surface area contributed by atoms with Crippen molar-refractivity contribution in [2.45, 2.75) is 102 Å². The normalized spacial score (nSPS) is 19.5. The molecular weight excluding hydrogens is 658 g/mol. The van der Waals surface area contributed by atoms with E-state index >= 15 is 0 Å². The lowest BCUT2D eigenvalue weighted by Gasteiger charge is -2.16. The highest BCUT2D eigenvalue weighted by Gasteiger charge is 2.45. The van der Waals surface area contributed by atoms with E-state index in [9.17, 15) is 28.5 Å². The molecule has 1 aliphatic rings. The van der Waals surface area contributed by atoms with Gasteiger partial charge in [0.1, 0.15) is 29.6 Å². The number of nitrogens with zero attached hydrogens (tertiary/aromatic N) is 7. The lowest BCUT2D eigenvalue weighted by molar-refractivity contribution is -0.0468. The third-order valence-corrected chi connectivity index (χ3v) is 9.22. The van der Waals surface area contributed by atoms with Gasteiger partial charge in [-0.1, -0.05) is 82.1 Å². The van der Waals surface area contributed by atoms with Gasteiger partial charge in [-0.25, -0.2) is 9.71 Å². The van der Waals surface area contributed by atoms with Crippen LogP contribution in [0.5, 0.6) is 5.75 Å². The van der Waals surface area contributed by atoms with Gasteiger partial charge in [0.25, 0.3) is 11.9 Å². The van der Waals surface area contributed by atoms with Crippen molar-refractivity contribution in [1.82, 2.24) is 39.2 Å². The van der Waals surface area contributed by atoms with Crippen LogP contribution in [0.2, 0.25) is 0 Å². The third kappa shape index (κ3) is 9.07. The van der Waals surface area contributed by atoms with Crippen molar-refractivity contribution in [2.75, 3.05) is 12.3 Å². The van der Waals surface area contributed by atoms with Crippen LogP contribution in [0.15, 0.2) is 36.8 Å². The molecule has 49 heavy (non-hydrogen) atoms. The fourth-order valence-electron chi connectivity index (χ4n) is 5.64. The molecular formula is C31H43N9O8S. The van der Waals surface area contributed by atoms with Gasteiger partial charge in [-0.2, -0.15) is 23.1 Å². The minimum absolute atomic E-state index is 0.0321. The SMILES string of the molecule is CCCCCCCCCCCCc1cn(-c2nc(N)c3ncn([C@@H]4O[C@H](COS(=O)(=O)NC(=O)c5ccccc5O)[C@@H](O)[C@H]4O)c3n2)nn1. The maximum atomic E-state index is 12.4. The minimum Gasteiger partial charge on any atom is -0.507 e. The van der Waals surface area contributed by atoms with Gasteiger partial charge in [-0.05, 0) is 25.0 Å². The summed E-state index contributed by atoms with van der Waals surface area (Å²) in [6.45, 7) is 1.47. The van der Waals surface area contributed by atoms with Crippen molar-refractivity contribution in [1.29, 1.82) is 0 Å². The largest absolute Gasteiger partial charge is 0.507 e. The van der Waals surface area contributed by atoms with Gasteiger partial charge < -0.3 is 25.8 Å². The van der Waals surface area contributed by atoms with Gasteiger partial charge in [0.15, 0.2) is 17.7 Å². The number of rotatable bonds is 18. The Morgan fingerprint density at radius 2 is 1.71 bits per heavy atom. The number of ether oxygens (including phenoxy) is 1. The number of aromatic nitrogens is 7. The highest BCUT2D eigenvalue weighted by molar-refractivity contribution is 7.85. The summed E-state index contributed by atoms with van der Waals surface area (Å²) >= 11 is 0. The quantitative estimate of drug-likeness (QED) is 0.0937. The number of hydrogen-bond acceptors (Lipinski definition) is 14. The molecule has 6 N–H and O–H groups in total. The first-order chi connectivity index (χ1) is 23.6. The molecule has 0 unspecified atom stereocenters. The molecule has 4 atom stereocenters. The van der Waals surface area contributed by atoms with Crippen LogP contribution in [0.3, 0.4) is 0 Å². The maximum absolute atomic E-state index is 12.4. The standard InChI is InChI=1S/C31H43N9O8S/c1-2-3-4-5-6-7-8-9-10-11-14-20-17-40(38-36-20)31-34-27(32)24-28(35-31)39(19-33-24)30-26(43)25(42)23(48-30)18-47-49(45,46)37-29(44)21-15-12-13-16-22(21)41/h12-13,15-17,19,23,25-26,30,41-43H,2-11,14,18H2,1H3,(H,37,44)(H2,32,34,35)/t23-,25-,26-,30-/m1/s1. The third-order valence-electron chi connectivity index (χ3n) is 8.33. The number of nitrogens with one attached hydrogen (secondary N) is 1. The number of aryl methyl sites for hydroxylation is 1. The minimum atomic E-state index is -4.69. The molecule has 1 fully saturated rings. The molecule has 4 heterocycles. The van der Waals surface area contributed by atoms with E-state index < -0.39 is 53.1 Å². The van der Waals surface area contributed by atoms with E-state index in [4.69, 9.17) is 14.7 Å². The molecule has 1 amide bonds. The summed E-state index contributed by atoms with van der Waals surface area (Å²) in [4.78, 5) is 25.4. The van der Waals surface area contributed by atoms with E-state index in [0.29, 0.717) is 0 Å². The number of hydrogen-bond donors (Lipinski definition) is 5. The molecule has 0 radical (unpaired) electrons. The number of imidazole rings is 1. The molecule has 0 bridgehead atoms. The second-order valence-corrected chi connectivity index (χ2v) is 13.4. The number of fused-ring (bicyclic) bond motifs is 1. The molecule has 0 spiro atoms. The van der Waals surface area contributed by atoms with Crippen molar-refractivity contribution in [3.8, 4) is 11.7 Å². The van der Waals surface area contributed by atoms with E-state index in [1.165, 1.54) is 91.2 Å². The number of aliphatic hydroxyl groups is 2. The van der Waals surface area contributed by atoms with Crippen molar-refractivity contribution in [3.05, 3.63) is 48.0 Å². The molecule has 0 saturated carbocycles. The molecule has 1 aliphatic heterocycles. The predicted molar refractivity (Wildman–Crippen MR) is 177 cm³/mol. The van der Waals surface area contributed by atoms with Crippen LogP contribution in [-0.2, 0) is 25.6 Å². The number of para-hydroxylation sites is 1. The van der Waals surface area contributed by atoms with Gasteiger partial charge in [-0.15, -0.1) is 5.10 Å². The molecule has 18 heteroatoms. The summed E-state index contributed by atoms with van der Waals surface area (Å²) in [6.07, 6.45) is 10.4. The van der Waals surface area contributed by atoms with Crippen LogP contribution in [0.1, 0.15) is 93.4 Å². The molecule has 1 aromatic carbocycles. The zero-order chi connectivity index (χ0) is 35.0. The van der Waals surface area contributed by atoms with Crippen LogP contribution < -0.4 is 10.5 Å². The maximum Gasteiger partial charge on any atom is 0.362 e. The van der Waals surface area contributed by atoms with Crippen molar-refractivity contribution < 1.29 is 37.5 Å². The van der Waals surface area contributed by atoms with Crippen molar-refractivity contribution >= 4 is 33.2 Å². The van der Waals surface area contributed by atoms with E-state index in [2.05, 4.69) is 32.2 Å². The number of nitrogens with two attached hydrogens (primary N) is 1. The summed E-state index contributed by atoms with van der Waals surface area (Å²) < 4.78 is 39.9. The van der Waals surface area contributed by atoms with Crippen molar-refractivity contribution in [2.24, 2.45) is 0 Å². The summed E-state index contributed by atoms with van der Waals surface area (Å²) in [6, 6.07) is 5.35. The Kier molecular flexibility index (Phi) is 12.1. The van der Waals surface area contributed by atoms with Crippen LogP contribution in [0, 0.1) is 0 Å². The number of unbranched alkanes of at least 4 members (excludes halogenated alkanes) is 9. The average Bonchev–Trinajstić information content (AvgIpc) is 3.79. The zero-order valence-electron chi connectivity index (χ0n) is 27.3. The zero-order valence-corrected chi connectivity index (χ0v) is 28.1. The van der Waals surface area contributed by atoms with E-state index in [0.717, 1.165) is 25.0 Å². The van der Waals surface area contributed by atoms with Gasteiger partial charge >= 0.3 is 10.3 Å². The lowest BCUT2D eigenvalue weighted by atomic mass is 10.1. The second kappa shape index (κ2) is 16.4. The fraction of sp³-hybridized carbons (Fsp3) is 0.548. The smallest absolute Gasteiger partial charge is 0.362 e. The molecule has 4 aromatic rings. The van der Waals surface area contributed by atoms with Gasteiger partial charge in [0, 0.05) is 0 Å². The molecule has 17 nitrogen and oxygen atoms in total. The van der Waals surface area contributed by atoms with E-state index in [-0.39, 0.29) is 28.5 Å². The van der Waals surface area contributed by atoms with Crippen LogP contribution in [0.4, 0.5) is 5.82 Å². The Hall–Kier alpha value is -4.23. The first-order valence-corrected chi connectivity index (χ1v) is 17.9. The number of aromatic hydroxyl groups is 1. The van der Waals surface area contributed by atoms with Gasteiger partial charge in [0.05, 0.1) is 30.4 Å². The van der Waals surface area contributed by atoms with Crippen LogP contribution >= 0.6 is 0 Å². The Labute approximate surface area is 283 Å². The number of aliphatic hydroxyl groups excluding tert-OH is 2. The first-order valence-electron chi connectivity index (χ1n) is 16.5. The Bertz CT molecular complexity index is 1820. The van der Waals surface area contributed by atoms with Crippen LogP contribution in [-0.4, -0.2) is 89.1 Å². The highest BCUT2D eigenvalue weighted by Crippen LogP contribution is 2.33. The summed E-state index contributed by atoms with van der Waals surface area (Å²) in [5.41, 5.74) is 7.04. The van der Waals surface area contributed by atoms with Gasteiger partial charge in [0.2, 0.25) is 0 Å². The molecule has 266 valence electrons. The molecule has 5 rings (SSSR count).